The van der Waals surface area contributed by atoms with Gasteiger partial charge in [0.05, 0.1) is 0 Å². The van der Waals surface area contributed by atoms with E-state index in [1.165, 1.54) is 4.88 Å². The number of aromatic nitrogens is 3. The van der Waals surface area contributed by atoms with Crippen molar-refractivity contribution in [3.8, 4) is 10.7 Å². The van der Waals surface area contributed by atoms with Gasteiger partial charge in [-0.15, -0.1) is 11.3 Å². The van der Waals surface area contributed by atoms with Crippen molar-refractivity contribution in [2.24, 2.45) is 0 Å². The maximum absolute atomic E-state index is 4.37. The largest absolute Gasteiger partial charge is 0.312 e. The first-order valence-corrected chi connectivity index (χ1v) is 6.06. The number of thiazole rings is 1. The number of rotatable bonds is 4. The van der Waals surface area contributed by atoms with Crippen LogP contribution in [-0.2, 0) is 6.54 Å². The van der Waals surface area contributed by atoms with Crippen molar-refractivity contribution in [1.82, 2.24) is 20.3 Å². The van der Waals surface area contributed by atoms with Gasteiger partial charge in [-0.1, -0.05) is 6.92 Å². The Labute approximate surface area is 98.8 Å². The van der Waals surface area contributed by atoms with Crippen molar-refractivity contribution in [1.29, 1.82) is 0 Å². The highest BCUT2D eigenvalue weighted by molar-refractivity contribution is 7.14. The Balaban J connectivity index is 2.18. The lowest BCUT2D eigenvalue weighted by atomic mass is 10.4. The Morgan fingerprint density at radius 1 is 1.38 bits per heavy atom. The van der Waals surface area contributed by atoms with Gasteiger partial charge in [-0.25, -0.2) is 15.0 Å². The lowest BCUT2D eigenvalue weighted by Gasteiger charge is -1.96. The Morgan fingerprint density at radius 2 is 2.25 bits per heavy atom. The van der Waals surface area contributed by atoms with Crippen molar-refractivity contribution in [2.45, 2.75) is 20.4 Å². The van der Waals surface area contributed by atoms with Gasteiger partial charge in [0, 0.05) is 23.8 Å². The Hall–Kier alpha value is -1.33. The fourth-order valence-corrected chi connectivity index (χ4v) is 2.18. The Bertz CT molecular complexity index is 467. The SMILES string of the molecule is CCNCc1cnc(-c2ccnc(C)n2)s1. The van der Waals surface area contributed by atoms with Gasteiger partial charge in [-0.05, 0) is 19.5 Å². The van der Waals surface area contributed by atoms with Gasteiger partial charge < -0.3 is 5.32 Å². The molecule has 84 valence electrons. The average molecular weight is 234 g/mol. The first-order chi connectivity index (χ1) is 7.79. The summed E-state index contributed by atoms with van der Waals surface area (Å²) in [6.07, 6.45) is 3.67. The average Bonchev–Trinajstić information content (AvgIpc) is 2.75. The zero-order valence-corrected chi connectivity index (χ0v) is 10.2. The minimum atomic E-state index is 0.779. The van der Waals surface area contributed by atoms with Gasteiger partial charge in [-0.2, -0.15) is 0 Å². The molecule has 0 bridgehead atoms. The van der Waals surface area contributed by atoms with Gasteiger partial charge in [-0.3, -0.25) is 0 Å². The smallest absolute Gasteiger partial charge is 0.142 e. The molecule has 2 aromatic rings. The molecule has 0 atom stereocenters. The molecule has 16 heavy (non-hydrogen) atoms. The van der Waals surface area contributed by atoms with Crippen LogP contribution in [0.25, 0.3) is 10.7 Å². The molecule has 4 nitrogen and oxygen atoms in total. The minimum Gasteiger partial charge on any atom is -0.312 e. The quantitative estimate of drug-likeness (QED) is 0.879. The summed E-state index contributed by atoms with van der Waals surface area (Å²) in [5, 5.41) is 4.24. The molecule has 0 aliphatic rings. The molecule has 0 aliphatic carbocycles. The highest BCUT2D eigenvalue weighted by Crippen LogP contribution is 2.22. The van der Waals surface area contributed by atoms with E-state index in [-0.39, 0.29) is 0 Å². The van der Waals surface area contributed by atoms with Gasteiger partial charge in [0.15, 0.2) is 0 Å². The predicted octanol–water partition coefficient (Wildman–Crippen LogP) is 2.02. The summed E-state index contributed by atoms with van der Waals surface area (Å²) in [4.78, 5) is 14.0. The van der Waals surface area contributed by atoms with E-state index in [1.807, 2.05) is 19.2 Å². The van der Waals surface area contributed by atoms with E-state index >= 15 is 0 Å². The summed E-state index contributed by atoms with van der Waals surface area (Å²) < 4.78 is 0. The van der Waals surface area contributed by atoms with Crippen molar-refractivity contribution >= 4 is 11.3 Å². The van der Waals surface area contributed by atoms with Crippen LogP contribution in [0.5, 0.6) is 0 Å². The molecule has 2 heterocycles. The zero-order valence-electron chi connectivity index (χ0n) is 9.40. The second kappa shape index (κ2) is 5.14. The molecule has 5 heteroatoms. The summed E-state index contributed by atoms with van der Waals surface area (Å²) in [7, 11) is 0. The van der Waals surface area contributed by atoms with Gasteiger partial charge in [0.25, 0.3) is 0 Å². The van der Waals surface area contributed by atoms with Crippen LogP contribution >= 0.6 is 11.3 Å². The van der Waals surface area contributed by atoms with Gasteiger partial charge in [0.1, 0.15) is 16.5 Å². The molecule has 0 aromatic carbocycles. The molecular weight excluding hydrogens is 220 g/mol. The monoisotopic (exact) mass is 234 g/mol. The summed E-state index contributed by atoms with van der Waals surface area (Å²) in [5.74, 6) is 0.779. The van der Waals surface area contributed by atoms with Crippen LogP contribution in [0.2, 0.25) is 0 Å². The van der Waals surface area contributed by atoms with Crippen LogP contribution in [-0.4, -0.2) is 21.5 Å². The molecule has 0 saturated carbocycles. The zero-order chi connectivity index (χ0) is 11.4. The standard InChI is InChI=1S/C11H14N4S/c1-3-12-6-9-7-14-11(16-9)10-4-5-13-8(2)15-10/h4-5,7,12H,3,6H2,1-2H3. The minimum absolute atomic E-state index is 0.779. The molecule has 0 aliphatic heterocycles. The van der Waals surface area contributed by atoms with Crippen molar-refractivity contribution < 1.29 is 0 Å². The second-order valence-corrected chi connectivity index (χ2v) is 4.52. The van der Waals surface area contributed by atoms with Crippen LogP contribution in [0.15, 0.2) is 18.5 Å². The fourth-order valence-electron chi connectivity index (χ4n) is 1.33. The first-order valence-electron chi connectivity index (χ1n) is 5.25. The second-order valence-electron chi connectivity index (χ2n) is 3.40. The number of hydrogen-bond donors (Lipinski definition) is 1. The Kier molecular flexibility index (Phi) is 3.58. The first kappa shape index (κ1) is 11.2. The van der Waals surface area contributed by atoms with E-state index in [1.54, 1.807) is 17.5 Å². The van der Waals surface area contributed by atoms with Crippen LogP contribution in [0.4, 0.5) is 0 Å². The van der Waals surface area contributed by atoms with Crippen molar-refractivity contribution in [3.63, 3.8) is 0 Å². The van der Waals surface area contributed by atoms with E-state index in [0.29, 0.717) is 0 Å². The van der Waals surface area contributed by atoms with Crippen molar-refractivity contribution in [3.05, 3.63) is 29.2 Å². The summed E-state index contributed by atoms with van der Waals surface area (Å²) in [6.45, 7) is 5.82. The highest BCUT2D eigenvalue weighted by Gasteiger charge is 2.05. The molecule has 0 fully saturated rings. The maximum atomic E-state index is 4.37. The predicted molar refractivity (Wildman–Crippen MR) is 65.3 cm³/mol. The topological polar surface area (TPSA) is 50.7 Å². The van der Waals surface area contributed by atoms with Crippen LogP contribution < -0.4 is 5.32 Å². The molecule has 0 saturated heterocycles. The molecule has 1 N–H and O–H groups in total. The number of nitrogens with zero attached hydrogens (tertiary/aromatic N) is 3. The lowest BCUT2D eigenvalue weighted by Crippen LogP contribution is -2.10. The Morgan fingerprint density at radius 3 is 3.00 bits per heavy atom. The third-order valence-electron chi connectivity index (χ3n) is 2.10. The van der Waals surface area contributed by atoms with Crippen LogP contribution in [0.3, 0.4) is 0 Å². The van der Waals surface area contributed by atoms with Crippen molar-refractivity contribution in [2.75, 3.05) is 6.54 Å². The molecule has 2 aromatic heterocycles. The van der Waals surface area contributed by atoms with Crippen LogP contribution in [0.1, 0.15) is 17.6 Å². The lowest BCUT2D eigenvalue weighted by molar-refractivity contribution is 0.734. The number of aryl methyl sites for hydroxylation is 1. The van der Waals surface area contributed by atoms with E-state index < -0.39 is 0 Å². The number of nitrogens with one attached hydrogen (secondary N) is 1. The summed E-state index contributed by atoms with van der Waals surface area (Å²) in [6, 6.07) is 1.89. The highest BCUT2D eigenvalue weighted by atomic mass is 32.1. The molecule has 0 unspecified atom stereocenters. The molecular formula is C11H14N4S. The third-order valence-corrected chi connectivity index (χ3v) is 3.12. The third kappa shape index (κ3) is 2.62. The maximum Gasteiger partial charge on any atom is 0.142 e. The van der Waals surface area contributed by atoms with E-state index in [0.717, 1.165) is 29.6 Å². The van der Waals surface area contributed by atoms with Crippen LogP contribution in [0, 0.1) is 6.92 Å². The summed E-state index contributed by atoms with van der Waals surface area (Å²) >= 11 is 1.67. The normalized spacial score (nSPS) is 10.6. The van der Waals surface area contributed by atoms with E-state index in [9.17, 15) is 0 Å². The molecule has 0 radical (unpaired) electrons. The number of hydrogen-bond acceptors (Lipinski definition) is 5. The van der Waals surface area contributed by atoms with Gasteiger partial charge >= 0.3 is 0 Å². The molecule has 0 spiro atoms. The van der Waals surface area contributed by atoms with Gasteiger partial charge in [0.2, 0.25) is 0 Å². The fraction of sp³-hybridized carbons (Fsp3) is 0.364. The van der Waals surface area contributed by atoms with E-state index in [4.69, 9.17) is 0 Å². The molecule has 0 amide bonds. The van der Waals surface area contributed by atoms with E-state index in [2.05, 4.69) is 27.2 Å². The molecule has 2 rings (SSSR count). The summed E-state index contributed by atoms with van der Waals surface area (Å²) in [5.41, 5.74) is 0.903.